The topological polar surface area (TPSA) is 21.3 Å². The van der Waals surface area contributed by atoms with Crippen molar-refractivity contribution in [2.45, 2.75) is 33.7 Å². The van der Waals surface area contributed by atoms with E-state index in [1.165, 1.54) is 17.1 Å². The zero-order chi connectivity index (χ0) is 14.7. The van der Waals surface area contributed by atoms with Gasteiger partial charge in [0.2, 0.25) is 0 Å². The monoisotopic (exact) mass is 295 g/mol. The fourth-order valence-electron chi connectivity index (χ4n) is 1.95. The molecular formula is C17H29NOS. The Kier molecular flexibility index (Phi) is 8.99. The summed E-state index contributed by atoms with van der Waals surface area (Å²) in [6.45, 7) is 10.3. The molecule has 0 saturated carbocycles. The number of ether oxygens (including phenoxy) is 1. The lowest BCUT2D eigenvalue weighted by Crippen LogP contribution is -2.33. The summed E-state index contributed by atoms with van der Waals surface area (Å²) in [5, 5.41) is 3.52. The van der Waals surface area contributed by atoms with Gasteiger partial charge in [-0.3, -0.25) is 0 Å². The molecule has 1 rings (SSSR count). The molecule has 20 heavy (non-hydrogen) atoms. The zero-order valence-corrected chi connectivity index (χ0v) is 14.0. The first-order valence-corrected chi connectivity index (χ1v) is 8.69. The van der Waals surface area contributed by atoms with Crippen LogP contribution < -0.4 is 5.32 Å². The van der Waals surface area contributed by atoms with Gasteiger partial charge in [-0.15, -0.1) is 0 Å². The molecule has 0 aliphatic carbocycles. The van der Waals surface area contributed by atoms with Gasteiger partial charge in [0, 0.05) is 25.1 Å². The lowest BCUT2D eigenvalue weighted by atomic mass is 9.95. The van der Waals surface area contributed by atoms with Crippen molar-refractivity contribution in [3.63, 3.8) is 0 Å². The third kappa shape index (κ3) is 8.62. The summed E-state index contributed by atoms with van der Waals surface area (Å²) >= 11 is 1.99. The Morgan fingerprint density at radius 1 is 1.20 bits per heavy atom. The van der Waals surface area contributed by atoms with Crippen LogP contribution in [0.2, 0.25) is 0 Å². The van der Waals surface area contributed by atoms with Crippen molar-refractivity contribution in [1.82, 2.24) is 5.32 Å². The third-order valence-electron chi connectivity index (χ3n) is 3.05. The second kappa shape index (κ2) is 10.3. The molecule has 0 unspecified atom stereocenters. The summed E-state index contributed by atoms with van der Waals surface area (Å²) in [5.41, 5.74) is 1.52. The zero-order valence-electron chi connectivity index (χ0n) is 13.2. The molecule has 0 spiro atoms. The first kappa shape index (κ1) is 17.5. The van der Waals surface area contributed by atoms with Gasteiger partial charge in [-0.1, -0.05) is 51.1 Å². The van der Waals surface area contributed by atoms with Crippen LogP contribution in [0.3, 0.4) is 0 Å². The predicted octanol–water partition coefficient (Wildman–Crippen LogP) is 3.96. The van der Waals surface area contributed by atoms with Gasteiger partial charge in [-0.2, -0.15) is 11.8 Å². The molecule has 3 heteroatoms. The Bertz CT molecular complexity index is 340. The Morgan fingerprint density at radius 2 is 1.95 bits per heavy atom. The average Bonchev–Trinajstić information content (AvgIpc) is 2.44. The molecule has 0 heterocycles. The van der Waals surface area contributed by atoms with Crippen LogP contribution in [0.25, 0.3) is 0 Å². The summed E-state index contributed by atoms with van der Waals surface area (Å²) in [5.74, 6) is 2.41. The van der Waals surface area contributed by atoms with E-state index in [1.54, 1.807) is 0 Å². The van der Waals surface area contributed by atoms with Gasteiger partial charge in [0.15, 0.2) is 0 Å². The number of rotatable bonds is 11. The van der Waals surface area contributed by atoms with Crippen molar-refractivity contribution < 1.29 is 4.74 Å². The molecule has 0 radical (unpaired) electrons. The fraction of sp³-hybridized carbons (Fsp3) is 0.647. The van der Waals surface area contributed by atoms with Crippen molar-refractivity contribution in [3.05, 3.63) is 35.9 Å². The van der Waals surface area contributed by atoms with E-state index >= 15 is 0 Å². The van der Waals surface area contributed by atoms with Crippen molar-refractivity contribution in [1.29, 1.82) is 0 Å². The second-order valence-corrected chi connectivity index (χ2v) is 7.25. The molecule has 1 aromatic rings. The van der Waals surface area contributed by atoms with Crippen LogP contribution in [0.5, 0.6) is 0 Å². The molecule has 0 aliphatic rings. The van der Waals surface area contributed by atoms with E-state index in [0.29, 0.717) is 0 Å². The van der Waals surface area contributed by atoms with Gasteiger partial charge in [-0.25, -0.2) is 0 Å². The summed E-state index contributed by atoms with van der Waals surface area (Å²) < 4.78 is 5.79. The van der Waals surface area contributed by atoms with Crippen LogP contribution in [0.15, 0.2) is 30.3 Å². The van der Waals surface area contributed by atoms with E-state index < -0.39 is 0 Å². The number of hydrogen-bond acceptors (Lipinski definition) is 3. The van der Waals surface area contributed by atoms with E-state index in [0.717, 1.165) is 32.7 Å². The average molecular weight is 295 g/mol. The third-order valence-corrected chi connectivity index (χ3v) is 4.04. The Balaban J connectivity index is 2.08. The van der Waals surface area contributed by atoms with Crippen molar-refractivity contribution >= 4 is 11.8 Å². The summed E-state index contributed by atoms with van der Waals surface area (Å²) in [7, 11) is 0. The van der Waals surface area contributed by atoms with Crippen LogP contribution in [-0.4, -0.2) is 31.3 Å². The van der Waals surface area contributed by atoms with Gasteiger partial charge in [0.1, 0.15) is 0 Å². The van der Waals surface area contributed by atoms with Crippen molar-refractivity contribution in [2.24, 2.45) is 5.41 Å². The maximum Gasteiger partial charge on any atom is 0.0529 e. The van der Waals surface area contributed by atoms with E-state index in [4.69, 9.17) is 4.74 Å². The SMILES string of the molecule is CCSCCCOCC(C)(C)CNCc1ccccc1. The minimum absolute atomic E-state index is 0.187. The number of benzene rings is 1. The summed E-state index contributed by atoms with van der Waals surface area (Å²) in [6, 6.07) is 10.5. The normalized spacial score (nSPS) is 11.8. The first-order chi connectivity index (χ1) is 9.64. The highest BCUT2D eigenvalue weighted by molar-refractivity contribution is 7.99. The van der Waals surface area contributed by atoms with Crippen LogP contribution in [-0.2, 0) is 11.3 Å². The fourth-order valence-corrected chi connectivity index (χ4v) is 2.56. The minimum atomic E-state index is 0.187. The molecule has 0 aromatic heterocycles. The molecule has 0 aliphatic heterocycles. The minimum Gasteiger partial charge on any atom is -0.381 e. The molecule has 114 valence electrons. The van der Waals surface area contributed by atoms with Gasteiger partial charge in [-0.05, 0) is 23.5 Å². The second-order valence-electron chi connectivity index (χ2n) is 5.86. The molecule has 1 N–H and O–H groups in total. The number of thioether (sulfide) groups is 1. The molecule has 1 aromatic carbocycles. The van der Waals surface area contributed by atoms with Crippen molar-refractivity contribution in [3.8, 4) is 0 Å². The maximum absolute atomic E-state index is 5.79. The summed E-state index contributed by atoms with van der Waals surface area (Å²) in [6.07, 6.45) is 1.16. The molecule has 0 saturated heterocycles. The van der Waals surface area contributed by atoms with Gasteiger partial charge < -0.3 is 10.1 Å². The van der Waals surface area contributed by atoms with Crippen LogP contribution in [0.4, 0.5) is 0 Å². The van der Waals surface area contributed by atoms with E-state index in [2.05, 4.69) is 56.4 Å². The van der Waals surface area contributed by atoms with E-state index in [1.807, 2.05) is 11.8 Å². The largest absolute Gasteiger partial charge is 0.381 e. The number of hydrogen-bond donors (Lipinski definition) is 1. The molecule has 2 nitrogen and oxygen atoms in total. The van der Waals surface area contributed by atoms with Crippen LogP contribution in [0.1, 0.15) is 32.8 Å². The quantitative estimate of drug-likeness (QED) is 0.624. The van der Waals surface area contributed by atoms with Crippen LogP contribution >= 0.6 is 11.8 Å². The Labute approximate surface area is 128 Å². The molecule has 0 fully saturated rings. The molecule has 0 bridgehead atoms. The van der Waals surface area contributed by atoms with Gasteiger partial charge in [0.25, 0.3) is 0 Å². The van der Waals surface area contributed by atoms with Crippen LogP contribution in [0, 0.1) is 5.41 Å². The highest BCUT2D eigenvalue weighted by Crippen LogP contribution is 2.14. The Hall–Kier alpha value is -0.510. The summed E-state index contributed by atoms with van der Waals surface area (Å²) in [4.78, 5) is 0. The smallest absolute Gasteiger partial charge is 0.0529 e. The highest BCUT2D eigenvalue weighted by atomic mass is 32.2. The lowest BCUT2D eigenvalue weighted by molar-refractivity contribution is 0.0628. The van der Waals surface area contributed by atoms with E-state index in [-0.39, 0.29) is 5.41 Å². The first-order valence-electron chi connectivity index (χ1n) is 7.54. The highest BCUT2D eigenvalue weighted by Gasteiger charge is 2.17. The van der Waals surface area contributed by atoms with Gasteiger partial charge >= 0.3 is 0 Å². The molecule has 0 atom stereocenters. The standard InChI is InChI=1S/C17H29NOS/c1-4-20-12-8-11-19-15-17(2,3)14-18-13-16-9-6-5-7-10-16/h5-7,9-10,18H,4,8,11-15H2,1-3H3. The molecular weight excluding hydrogens is 266 g/mol. The lowest BCUT2D eigenvalue weighted by Gasteiger charge is -2.25. The van der Waals surface area contributed by atoms with Gasteiger partial charge in [0.05, 0.1) is 6.61 Å². The maximum atomic E-state index is 5.79. The van der Waals surface area contributed by atoms with Crippen molar-refractivity contribution in [2.75, 3.05) is 31.3 Å². The number of nitrogens with one attached hydrogen (secondary N) is 1. The van der Waals surface area contributed by atoms with E-state index in [9.17, 15) is 0 Å². The molecule has 0 amide bonds. The predicted molar refractivity (Wildman–Crippen MR) is 90.4 cm³/mol. The Morgan fingerprint density at radius 3 is 2.65 bits per heavy atom.